The van der Waals surface area contributed by atoms with E-state index in [9.17, 15) is 4.79 Å². The van der Waals surface area contributed by atoms with E-state index < -0.39 is 0 Å². The van der Waals surface area contributed by atoms with Gasteiger partial charge in [-0.25, -0.2) is 0 Å². The molecule has 1 unspecified atom stereocenters. The summed E-state index contributed by atoms with van der Waals surface area (Å²) in [4.78, 5) is 14.7. The van der Waals surface area contributed by atoms with Gasteiger partial charge < -0.3 is 10.2 Å². The minimum Gasteiger partial charge on any atom is -0.341 e. The number of nitrogens with one attached hydrogen (secondary N) is 1. The summed E-state index contributed by atoms with van der Waals surface area (Å²) in [5, 5.41) is 7.86. The predicted octanol–water partition coefficient (Wildman–Crippen LogP) is 2.14. The molecule has 0 aromatic carbocycles. The molecular formula is C17H28N4O. The number of piperidine rings is 1. The van der Waals surface area contributed by atoms with Gasteiger partial charge in [0.25, 0.3) is 0 Å². The van der Waals surface area contributed by atoms with Gasteiger partial charge in [0.2, 0.25) is 5.91 Å². The van der Waals surface area contributed by atoms with Gasteiger partial charge in [0.15, 0.2) is 0 Å². The van der Waals surface area contributed by atoms with E-state index in [-0.39, 0.29) is 5.91 Å². The van der Waals surface area contributed by atoms with E-state index in [1.807, 2.05) is 15.8 Å². The van der Waals surface area contributed by atoms with Crippen molar-refractivity contribution in [1.29, 1.82) is 0 Å². The third-order valence-corrected chi connectivity index (χ3v) is 4.96. The fraction of sp³-hybridized carbons (Fsp3) is 0.765. The molecule has 1 amide bonds. The summed E-state index contributed by atoms with van der Waals surface area (Å²) in [5.74, 6) is 0.729. The van der Waals surface area contributed by atoms with Crippen LogP contribution in [0, 0.1) is 0 Å². The lowest BCUT2D eigenvalue weighted by molar-refractivity contribution is -0.132. The third-order valence-electron chi connectivity index (χ3n) is 4.96. The molecule has 22 heavy (non-hydrogen) atoms. The molecule has 1 atom stereocenters. The second-order valence-electron chi connectivity index (χ2n) is 6.61. The molecule has 3 rings (SSSR count). The quantitative estimate of drug-likeness (QED) is 0.931. The van der Waals surface area contributed by atoms with E-state index in [1.54, 1.807) is 0 Å². The van der Waals surface area contributed by atoms with Crippen molar-refractivity contribution in [1.82, 2.24) is 20.0 Å². The van der Waals surface area contributed by atoms with E-state index in [2.05, 4.69) is 16.5 Å². The van der Waals surface area contributed by atoms with Gasteiger partial charge in [-0.3, -0.25) is 9.48 Å². The second kappa shape index (κ2) is 7.77. The zero-order valence-electron chi connectivity index (χ0n) is 13.5. The second-order valence-corrected chi connectivity index (χ2v) is 6.61. The number of carbonyl (C=O) groups is 1. The Hall–Kier alpha value is -1.36. The summed E-state index contributed by atoms with van der Waals surface area (Å²) in [5.41, 5.74) is 1.22. The summed E-state index contributed by atoms with van der Waals surface area (Å²) in [7, 11) is 0. The average molecular weight is 304 g/mol. The zero-order chi connectivity index (χ0) is 15.2. The van der Waals surface area contributed by atoms with Crippen LogP contribution in [0.15, 0.2) is 12.3 Å². The van der Waals surface area contributed by atoms with E-state index in [0.29, 0.717) is 12.5 Å². The fourth-order valence-electron chi connectivity index (χ4n) is 3.65. The maximum atomic E-state index is 12.6. The van der Waals surface area contributed by atoms with E-state index in [1.165, 1.54) is 37.8 Å². The summed E-state index contributed by atoms with van der Waals surface area (Å²) < 4.78 is 1.93. The molecule has 2 saturated heterocycles. The summed E-state index contributed by atoms with van der Waals surface area (Å²) in [6.45, 7) is 4.35. The highest BCUT2D eigenvalue weighted by Gasteiger charge is 2.21. The molecule has 5 heteroatoms. The standard InChI is InChI=1S/C17H28N4O/c22-17(20-11-4-2-1-3-5-12-20)14-21-16(8-10-19-21)15-7-6-9-18-13-15/h8,10,15,18H,1-7,9,11-14H2. The Labute approximate surface area is 133 Å². The third kappa shape index (κ3) is 3.88. The Kier molecular flexibility index (Phi) is 5.48. The van der Waals surface area contributed by atoms with Gasteiger partial charge in [-0.1, -0.05) is 19.3 Å². The minimum absolute atomic E-state index is 0.232. The molecule has 1 aromatic rings. The van der Waals surface area contributed by atoms with Gasteiger partial charge in [-0.15, -0.1) is 0 Å². The topological polar surface area (TPSA) is 50.2 Å². The van der Waals surface area contributed by atoms with E-state index in [0.717, 1.165) is 39.0 Å². The van der Waals surface area contributed by atoms with Crippen LogP contribution in [-0.4, -0.2) is 46.8 Å². The Morgan fingerprint density at radius 3 is 2.68 bits per heavy atom. The number of hydrogen-bond donors (Lipinski definition) is 1. The highest BCUT2D eigenvalue weighted by Crippen LogP contribution is 2.23. The lowest BCUT2D eigenvalue weighted by Crippen LogP contribution is -2.37. The maximum Gasteiger partial charge on any atom is 0.244 e. The number of likely N-dealkylation sites (tertiary alicyclic amines) is 1. The molecule has 0 spiro atoms. The maximum absolute atomic E-state index is 12.6. The van der Waals surface area contributed by atoms with Crippen LogP contribution >= 0.6 is 0 Å². The lowest BCUT2D eigenvalue weighted by Gasteiger charge is -2.26. The van der Waals surface area contributed by atoms with Crippen LogP contribution < -0.4 is 5.32 Å². The Morgan fingerprint density at radius 2 is 1.95 bits per heavy atom. The summed E-state index contributed by atoms with van der Waals surface area (Å²) in [6, 6.07) is 2.08. The van der Waals surface area contributed by atoms with Gasteiger partial charge in [0.1, 0.15) is 6.54 Å². The number of carbonyl (C=O) groups excluding carboxylic acids is 1. The van der Waals surface area contributed by atoms with Crippen molar-refractivity contribution >= 4 is 5.91 Å². The SMILES string of the molecule is O=C(Cn1nccc1C1CCCNC1)N1CCCCCCC1. The number of hydrogen-bond acceptors (Lipinski definition) is 3. The average Bonchev–Trinajstić information content (AvgIpc) is 2.95. The molecule has 1 aromatic heterocycles. The van der Waals surface area contributed by atoms with E-state index >= 15 is 0 Å². The minimum atomic E-state index is 0.232. The first-order valence-electron chi connectivity index (χ1n) is 8.85. The van der Waals surface area contributed by atoms with Crippen molar-refractivity contribution in [3.05, 3.63) is 18.0 Å². The van der Waals surface area contributed by atoms with Crippen LogP contribution in [0.3, 0.4) is 0 Å². The first-order valence-corrected chi connectivity index (χ1v) is 8.85. The van der Waals surface area contributed by atoms with Crippen LogP contribution in [-0.2, 0) is 11.3 Å². The molecule has 0 saturated carbocycles. The lowest BCUT2D eigenvalue weighted by atomic mass is 9.96. The molecule has 2 fully saturated rings. The Bertz CT molecular complexity index is 471. The van der Waals surface area contributed by atoms with Crippen molar-refractivity contribution in [3.8, 4) is 0 Å². The summed E-state index contributed by atoms with van der Waals surface area (Å²) >= 11 is 0. The van der Waals surface area contributed by atoms with Crippen molar-refractivity contribution in [3.63, 3.8) is 0 Å². The first kappa shape index (κ1) is 15.5. The molecular weight excluding hydrogens is 276 g/mol. The molecule has 0 aliphatic carbocycles. The highest BCUT2D eigenvalue weighted by atomic mass is 16.2. The highest BCUT2D eigenvalue weighted by molar-refractivity contribution is 5.76. The van der Waals surface area contributed by atoms with Crippen molar-refractivity contribution in [2.45, 2.75) is 57.4 Å². The predicted molar refractivity (Wildman–Crippen MR) is 86.7 cm³/mol. The van der Waals surface area contributed by atoms with Crippen LogP contribution in [0.2, 0.25) is 0 Å². The van der Waals surface area contributed by atoms with Gasteiger partial charge in [-0.05, 0) is 38.3 Å². The Morgan fingerprint density at radius 1 is 1.18 bits per heavy atom. The molecule has 122 valence electrons. The van der Waals surface area contributed by atoms with Crippen LogP contribution in [0.5, 0.6) is 0 Å². The van der Waals surface area contributed by atoms with Crippen molar-refractivity contribution in [2.75, 3.05) is 26.2 Å². The number of aromatic nitrogens is 2. The van der Waals surface area contributed by atoms with Gasteiger partial charge in [0, 0.05) is 37.4 Å². The van der Waals surface area contributed by atoms with Crippen LogP contribution in [0.1, 0.15) is 56.6 Å². The molecule has 1 N–H and O–H groups in total. The monoisotopic (exact) mass is 304 g/mol. The van der Waals surface area contributed by atoms with Gasteiger partial charge in [0.05, 0.1) is 0 Å². The van der Waals surface area contributed by atoms with Crippen LogP contribution in [0.4, 0.5) is 0 Å². The molecule has 2 aliphatic heterocycles. The van der Waals surface area contributed by atoms with Crippen molar-refractivity contribution in [2.24, 2.45) is 0 Å². The largest absolute Gasteiger partial charge is 0.341 e. The van der Waals surface area contributed by atoms with Crippen molar-refractivity contribution < 1.29 is 4.79 Å². The molecule has 2 aliphatic rings. The molecule has 3 heterocycles. The van der Waals surface area contributed by atoms with Gasteiger partial charge in [-0.2, -0.15) is 5.10 Å². The number of rotatable bonds is 3. The first-order chi connectivity index (χ1) is 10.8. The molecule has 0 radical (unpaired) electrons. The van der Waals surface area contributed by atoms with Crippen LogP contribution in [0.25, 0.3) is 0 Å². The summed E-state index contributed by atoms with van der Waals surface area (Å²) in [6.07, 6.45) is 10.3. The Balaban J connectivity index is 1.62. The molecule has 0 bridgehead atoms. The smallest absolute Gasteiger partial charge is 0.244 e. The molecule has 5 nitrogen and oxygen atoms in total. The normalized spacial score (nSPS) is 23.8. The zero-order valence-corrected chi connectivity index (χ0v) is 13.5. The van der Waals surface area contributed by atoms with E-state index in [4.69, 9.17) is 0 Å². The number of amides is 1. The fourth-order valence-corrected chi connectivity index (χ4v) is 3.65. The number of nitrogens with zero attached hydrogens (tertiary/aromatic N) is 3. The van der Waals surface area contributed by atoms with Gasteiger partial charge >= 0.3 is 0 Å².